The highest BCUT2D eigenvalue weighted by atomic mass is 35.5. The molecule has 0 radical (unpaired) electrons. The lowest BCUT2D eigenvalue weighted by Crippen LogP contribution is -2.56. The highest BCUT2D eigenvalue weighted by Crippen LogP contribution is 2.32. The van der Waals surface area contributed by atoms with Crippen molar-refractivity contribution in [2.45, 2.75) is 36.4 Å². The van der Waals surface area contributed by atoms with Crippen molar-refractivity contribution in [3.63, 3.8) is 0 Å². The Morgan fingerprint density at radius 1 is 1.19 bits per heavy atom. The summed E-state index contributed by atoms with van der Waals surface area (Å²) in [6, 6.07) is 5.70. The lowest BCUT2D eigenvalue weighted by atomic mass is 9.92. The molecule has 4 rings (SSSR count). The monoisotopic (exact) mass is 675 g/mol. The standard InChI is InChI=1S/C29H34ClN7O10/c1-4-28(45,23(39)37-16-32-20-21(31-2)33-26(30)34-22(20)37)19(46-3)15-47-29(24(40)41,25(42)43)14-17-6-8-18(9-7-17)36-11-5-10-35(12-13-38)27(36)44/h1,6-9,16,19,23,38-39,45H,5,10-15H2,2-3H3,(H,40,41)(H,42,43)(H,31,33,34)/t19-,23-,28-/m1/s1. The van der Waals surface area contributed by atoms with Crippen molar-refractivity contribution in [3.05, 3.63) is 41.4 Å². The van der Waals surface area contributed by atoms with Crippen molar-refractivity contribution in [2.75, 3.05) is 57.2 Å². The molecule has 1 fully saturated rings. The number of methoxy groups -OCH3 is 1. The van der Waals surface area contributed by atoms with Gasteiger partial charge in [0.2, 0.25) is 5.28 Å². The maximum atomic E-state index is 12.8. The van der Waals surface area contributed by atoms with Crippen molar-refractivity contribution in [2.24, 2.45) is 0 Å². The number of aromatic nitrogens is 4. The van der Waals surface area contributed by atoms with Crippen LogP contribution in [0.15, 0.2) is 30.6 Å². The Labute approximate surface area is 273 Å². The van der Waals surface area contributed by atoms with Gasteiger partial charge >= 0.3 is 18.0 Å². The van der Waals surface area contributed by atoms with E-state index in [0.29, 0.717) is 25.2 Å². The van der Waals surface area contributed by atoms with Crippen LogP contribution in [0.5, 0.6) is 0 Å². The SMILES string of the molecule is C#C[C@@](O)([C@@H](COC(Cc1ccc(N2CCCN(CCO)C2=O)cc1)(C(=O)O)C(=O)O)OC)[C@@H](O)n1cnc2c(NC)nc(Cl)nc21. The molecule has 6 N–H and O–H groups in total. The molecule has 17 nitrogen and oxygen atoms in total. The number of rotatable bonds is 15. The number of aliphatic hydroxyl groups is 3. The first kappa shape index (κ1) is 35.3. The minimum absolute atomic E-state index is 0.0208. The second-order valence-electron chi connectivity index (χ2n) is 10.6. The normalized spacial score (nSPS) is 16.4. The van der Waals surface area contributed by atoms with E-state index in [1.807, 2.05) is 5.92 Å². The van der Waals surface area contributed by atoms with Gasteiger partial charge in [0.05, 0.1) is 19.5 Å². The summed E-state index contributed by atoms with van der Waals surface area (Å²) in [6.07, 6.45) is 3.03. The molecular formula is C29H34ClN7O10. The molecule has 3 atom stereocenters. The van der Waals surface area contributed by atoms with Crippen LogP contribution in [0.25, 0.3) is 11.2 Å². The molecule has 0 saturated carbocycles. The van der Waals surface area contributed by atoms with Gasteiger partial charge in [-0.3, -0.25) is 9.47 Å². The number of benzene rings is 1. The molecule has 3 aromatic rings. The Bertz CT molecular complexity index is 1650. The minimum Gasteiger partial charge on any atom is -0.479 e. The first-order valence-corrected chi connectivity index (χ1v) is 14.6. The smallest absolute Gasteiger partial charge is 0.348 e. The number of terminal acetylenes is 1. The largest absolute Gasteiger partial charge is 0.479 e. The molecule has 0 aliphatic carbocycles. The van der Waals surface area contributed by atoms with Crippen molar-refractivity contribution in [3.8, 4) is 12.3 Å². The zero-order valence-electron chi connectivity index (χ0n) is 25.4. The van der Waals surface area contributed by atoms with Gasteiger partial charge < -0.3 is 45.2 Å². The van der Waals surface area contributed by atoms with Crippen molar-refractivity contribution in [1.29, 1.82) is 0 Å². The van der Waals surface area contributed by atoms with Gasteiger partial charge in [-0.1, -0.05) is 18.1 Å². The van der Waals surface area contributed by atoms with Gasteiger partial charge in [-0.05, 0) is 35.7 Å². The summed E-state index contributed by atoms with van der Waals surface area (Å²) in [5.41, 5.74) is -4.65. The molecule has 0 spiro atoms. The third-order valence-electron chi connectivity index (χ3n) is 7.85. The van der Waals surface area contributed by atoms with Gasteiger partial charge in [0, 0.05) is 45.9 Å². The number of anilines is 2. The van der Waals surface area contributed by atoms with E-state index in [2.05, 4.69) is 20.3 Å². The van der Waals surface area contributed by atoms with Crippen LogP contribution in [0.3, 0.4) is 0 Å². The Balaban J connectivity index is 1.58. The lowest BCUT2D eigenvalue weighted by Gasteiger charge is -2.36. The lowest BCUT2D eigenvalue weighted by molar-refractivity contribution is -0.202. The predicted molar refractivity (Wildman–Crippen MR) is 166 cm³/mol. The van der Waals surface area contributed by atoms with Crippen LogP contribution in [-0.2, 0) is 25.5 Å². The first-order chi connectivity index (χ1) is 22.4. The van der Waals surface area contributed by atoms with Crippen molar-refractivity contribution < 1.29 is 49.4 Å². The van der Waals surface area contributed by atoms with Gasteiger partial charge in [0.15, 0.2) is 28.8 Å². The number of nitrogens with one attached hydrogen (secondary N) is 1. The summed E-state index contributed by atoms with van der Waals surface area (Å²) < 4.78 is 11.8. The third-order valence-corrected chi connectivity index (χ3v) is 8.02. The fraction of sp³-hybridized carbons (Fsp3) is 0.448. The van der Waals surface area contributed by atoms with Crippen LogP contribution >= 0.6 is 11.6 Å². The zero-order chi connectivity index (χ0) is 34.5. The number of nitrogens with zero attached hydrogens (tertiary/aromatic N) is 6. The topological polar surface area (TPSA) is 233 Å². The summed E-state index contributed by atoms with van der Waals surface area (Å²) in [4.78, 5) is 52.9. The highest BCUT2D eigenvalue weighted by Gasteiger charge is 2.52. The first-order valence-electron chi connectivity index (χ1n) is 14.2. The molecule has 2 amide bonds. The zero-order valence-corrected chi connectivity index (χ0v) is 26.2. The summed E-state index contributed by atoms with van der Waals surface area (Å²) in [7, 11) is 2.65. The second kappa shape index (κ2) is 14.5. The van der Waals surface area contributed by atoms with Crippen LogP contribution in [0.2, 0.25) is 5.28 Å². The van der Waals surface area contributed by atoms with Crippen LogP contribution < -0.4 is 10.2 Å². The number of carboxylic acids is 2. The second-order valence-corrected chi connectivity index (χ2v) is 10.9. The fourth-order valence-corrected chi connectivity index (χ4v) is 5.39. The van der Waals surface area contributed by atoms with E-state index in [0.717, 1.165) is 18.0 Å². The Kier molecular flexibility index (Phi) is 10.9. The number of fused-ring (bicyclic) bond motifs is 1. The summed E-state index contributed by atoms with van der Waals surface area (Å²) in [6.45, 7) is 0.00760. The average Bonchev–Trinajstić information content (AvgIpc) is 3.48. The maximum absolute atomic E-state index is 12.8. The number of amides is 2. The number of aliphatic carboxylic acids is 2. The number of carbonyl (C=O) groups is 3. The van der Waals surface area contributed by atoms with Gasteiger partial charge in [-0.15, -0.1) is 6.42 Å². The van der Waals surface area contributed by atoms with Crippen molar-refractivity contribution in [1.82, 2.24) is 24.4 Å². The molecule has 1 aromatic carbocycles. The number of urea groups is 1. The molecule has 0 bridgehead atoms. The molecule has 47 heavy (non-hydrogen) atoms. The summed E-state index contributed by atoms with van der Waals surface area (Å²) >= 11 is 6.00. The third kappa shape index (κ3) is 6.79. The van der Waals surface area contributed by atoms with E-state index in [1.54, 1.807) is 19.2 Å². The number of hydrogen-bond acceptors (Lipinski definition) is 12. The van der Waals surface area contributed by atoms with E-state index >= 15 is 0 Å². The molecule has 1 saturated heterocycles. The predicted octanol–water partition coefficient (Wildman–Crippen LogP) is 0.183. The van der Waals surface area contributed by atoms with Gasteiger partial charge in [-0.25, -0.2) is 19.4 Å². The van der Waals surface area contributed by atoms with Crippen LogP contribution in [-0.4, -0.2) is 132 Å². The number of ether oxygens (including phenoxy) is 2. The maximum Gasteiger partial charge on any atom is 0.348 e. The van der Waals surface area contributed by atoms with E-state index in [1.165, 1.54) is 21.9 Å². The van der Waals surface area contributed by atoms with E-state index < -0.39 is 48.5 Å². The molecule has 0 unspecified atom stereocenters. The molecule has 1 aliphatic rings. The molecule has 2 aromatic heterocycles. The van der Waals surface area contributed by atoms with Gasteiger partial charge in [0.25, 0.3) is 5.60 Å². The van der Waals surface area contributed by atoms with E-state index in [9.17, 15) is 39.9 Å². The number of aliphatic hydroxyl groups excluding tert-OH is 2. The Hall–Kier alpha value is -4.57. The number of halogens is 1. The minimum atomic E-state index is -2.89. The van der Waals surface area contributed by atoms with Gasteiger partial charge in [0.1, 0.15) is 6.10 Å². The molecular weight excluding hydrogens is 642 g/mol. The summed E-state index contributed by atoms with van der Waals surface area (Å²) in [5.74, 6) is -1.46. The van der Waals surface area contributed by atoms with E-state index in [-0.39, 0.29) is 47.0 Å². The van der Waals surface area contributed by atoms with Crippen LogP contribution in [0.4, 0.5) is 16.3 Å². The average molecular weight is 676 g/mol. The number of carboxylic acid groups (broad SMARTS) is 2. The molecule has 252 valence electrons. The highest BCUT2D eigenvalue weighted by molar-refractivity contribution is 6.28. The molecule has 18 heteroatoms. The van der Waals surface area contributed by atoms with Gasteiger partial charge in [-0.2, -0.15) is 9.97 Å². The van der Waals surface area contributed by atoms with Crippen LogP contribution in [0, 0.1) is 12.3 Å². The number of carbonyl (C=O) groups excluding carboxylic acids is 1. The van der Waals surface area contributed by atoms with Crippen LogP contribution in [0.1, 0.15) is 18.2 Å². The Morgan fingerprint density at radius 3 is 2.45 bits per heavy atom. The fourth-order valence-electron chi connectivity index (χ4n) is 5.23. The summed E-state index contributed by atoms with van der Waals surface area (Å²) in [5, 5.41) is 54.8. The number of hydrogen-bond donors (Lipinski definition) is 6. The molecule has 3 heterocycles. The Morgan fingerprint density at radius 2 is 1.87 bits per heavy atom. The van der Waals surface area contributed by atoms with Crippen molar-refractivity contribution >= 4 is 52.2 Å². The number of β-amino-alcohol motifs (C(OH)–C–C–N with tert-alkyl or cyclic N) is 1. The quantitative estimate of drug-likeness (QED) is 0.0717. The van der Waals surface area contributed by atoms with E-state index in [4.69, 9.17) is 27.5 Å². The molecule has 1 aliphatic heterocycles. The number of imidazole rings is 1.